The average molecular weight is 342 g/mol. The van der Waals surface area contributed by atoms with Crippen molar-refractivity contribution in [2.75, 3.05) is 7.11 Å². The molecule has 1 aliphatic rings. The number of carbonyl (C=O) groups is 2. The number of para-hydroxylation sites is 1. The SMILES string of the molecule is COc1cc(CNC(=O)C2CCC(C(=O)O)CC2)c2ccccc2n1. The van der Waals surface area contributed by atoms with Crippen molar-refractivity contribution in [2.24, 2.45) is 11.8 Å². The molecule has 1 aliphatic carbocycles. The van der Waals surface area contributed by atoms with Gasteiger partial charge in [0.05, 0.1) is 18.5 Å². The van der Waals surface area contributed by atoms with Gasteiger partial charge in [0.2, 0.25) is 11.8 Å². The van der Waals surface area contributed by atoms with E-state index < -0.39 is 5.97 Å². The standard InChI is InChI=1S/C19H22N2O4/c1-25-17-10-14(15-4-2-3-5-16(15)21-17)11-20-18(22)12-6-8-13(9-7-12)19(23)24/h2-5,10,12-13H,6-9,11H2,1H3,(H,20,22)(H,23,24). The maximum Gasteiger partial charge on any atom is 0.306 e. The first-order chi connectivity index (χ1) is 12.1. The number of carbonyl (C=O) groups excluding carboxylic acids is 1. The molecule has 0 saturated heterocycles. The molecule has 1 fully saturated rings. The van der Waals surface area contributed by atoms with Gasteiger partial charge in [0.1, 0.15) is 0 Å². The van der Waals surface area contributed by atoms with Crippen molar-refractivity contribution in [3.63, 3.8) is 0 Å². The van der Waals surface area contributed by atoms with Crippen LogP contribution < -0.4 is 10.1 Å². The van der Waals surface area contributed by atoms with Crippen molar-refractivity contribution < 1.29 is 19.4 Å². The van der Waals surface area contributed by atoms with Gasteiger partial charge < -0.3 is 15.2 Å². The Balaban J connectivity index is 1.66. The monoisotopic (exact) mass is 342 g/mol. The summed E-state index contributed by atoms with van der Waals surface area (Å²) < 4.78 is 5.24. The van der Waals surface area contributed by atoms with Crippen LogP contribution in [0.5, 0.6) is 5.88 Å². The summed E-state index contributed by atoms with van der Waals surface area (Å²) in [6.07, 6.45) is 2.39. The third-order valence-corrected chi connectivity index (χ3v) is 4.89. The average Bonchev–Trinajstić information content (AvgIpc) is 2.65. The molecule has 0 aliphatic heterocycles. The van der Waals surface area contributed by atoms with Crippen LogP contribution >= 0.6 is 0 Å². The predicted octanol–water partition coefficient (Wildman–Crippen LogP) is 2.75. The van der Waals surface area contributed by atoms with Crippen LogP contribution in [0.1, 0.15) is 31.2 Å². The minimum absolute atomic E-state index is 0.0105. The van der Waals surface area contributed by atoms with Gasteiger partial charge in [-0.1, -0.05) is 18.2 Å². The number of aromatic nitrogens is 1. The highest BCUT2D eigenvalue weighted by molar-refractivity contribution is 5.84. The molecule has 2 aromatic rings. The van der Waals surface area contributed by atoms with Crippen molar-refractivity contribution in [3.05, 3.63) is 35.9 Å². The van der Waals surface area contributed by atoms with Gasteiger partial charge in [0, 0.05) is 23.9 Å². The predicted molar refractivity (Wildman–Crippen MR) is 93.2 cm³/mol. The number of nitrogens with zero attached hydrogens (tertiary/aromatic N) is 1. The summed E-state index contributed by atoms with van der Waals surface area (Å²) >= 11 is 0. The van der Waals surface area contributed by atoms with Gasteiger partial charge in [-0.3, -0.25) is 9.59 Å². The first-order valence-corrected chi connectivity index (χ1v) is 8.51. The normalized spacial score (nSPS) is 20.2. The quantitative estimate of drug-likeness (QED) is 0.872. The van der Waals surface area contributed by atoms with Gasteiger partial charge in [-0.05, 0) is 37.3 Å². The van der Waals surface area contributed by atoms with E-state index in [4.69, 9.17) is 9.84 Å². The number of amides is 1. The van der Waals surface area contributed by atoms with E-state index in [1.807, 2.05) is 30.3 Å². The van der Waals surface area contributed by atoms with Crippen LogP contribution in [0, 0.1) is 11.8 Å². The Hall–Kier alpha value is -2.63. The second kappa shape index (κ2) is 7.51. The third kappa shape index (κ3) is 3.90. The summed E-state index contributed by atoms with van der Waals surface area (Å²) in [7, 11) is 1.57. The zero-order chi connectivity index (χ0) is 17.8. The van der Waals surface area contributed by atoms with Gasteiger partial charge in [-0.25, -0.2) is 4.98 Å². The van der Waals surface area contributed by atoms with Crippen LogP contribution in [0.25, 0.3) is 10.9 Å². The first-order valence-electron chi connectivity index (χ1n) is 8.51. The Morgan fingerprint density at radius 2 is 1.88 bits per heavy atom. The van der Waals surface area contributed by atoms with Crippen LogP contribution in [0.3, 0.4) is 0 Å². The topological polar surface area (TPSA) is 88.5 Å². The molecular formula is C19H22N2O4. The van der Waals surface area contributed by atoms with Crippen molar-refractivity contribution >= 4 is 22.8 Å². The molecule has 3 rings (SSSR count). The summed E-state index contributed by atoms with van der Waals surface area (Å²) in [5, 5.41) is 13.0. The van der Waals surface area contributed by atoms with E-state index in [-0.39, 0.29) is 17.7 Å². The molecule has 1 aromatic heterocycles. The van der Waals surface area contributed by atoms with Gasteiger partial charge in [-0.15, -0.1) is 0 Å². The van der Waals surface area contributed by atoms with Crippen LogP contribution in [0.15, 0.2) is 30.3 Å². The van der Waals surface area contributed by atoms with Crippen LogP contribution in [-0.2, 0) is 16.1 Å². The third-order valence-electron chi connectivity index (χ3n) is 4.89. The second-order valence-corrected chi connectivity index (χ2v) is 6.45. The van der Waals surface area contributed by atoms with E-state index >= 15 is 0 Å². The molecule has 25 heavy (non-hydrogen) atoms. The maximum absolute atomic E-state index is 12.4. The number of nitrogens with one attached hydrogen (secondary N) is 1. The van der Waals surface area contributed by atoms with Crippen molar-refractivity contribution in [1.29, 1.82) is 0 Å². The number of rotatable bonds is 5. The van der Waals surface area contributed by atoms with Gasteiger partial charge >= 0.3 is 5.97 Å². The Kier molecular flexibility index (Phi) is 5.16. The Morgan fingerprint density at radius 3 is 2.56 bits per heavy atom. The lowest BCUT2D eigenvalue weighted by Gasteiger charge is -2.25. The maximum atomic E-state index is 12.4. The minimum atomic E-state index is -0.755. The van der Waals surface area contributed by atoms with E-state index in [1.54, 1.807) is 7.11 Å². The van der Waals surface area contributed by atoms with Gasteiger partial charge in [0.25, 0.3) is 0 Å². The molecule has 0 radical (unpaired) electrons. The van der Waals surface area contributed by atoms with E-state index in [1.165, 1.54) is 0 Å². The number of carboxylic acids is 1. The van der Waals surface area contributed by atoms with Crippen LogP contribution in [0.2, 0.25) is 0 Å². The number of methoxy groups -OCH3 is 1. The number of pyridine rings is 1. The largest absolute Gasteiger partial charge is 0.481 e. The smallest absolute Gasteiger partial charge is 0.306 e. The Labute approximate surface area is 146 Å². The summed E-state index contributed by atoms with van der Waals surface area (Å²) in [5.74, 6) is -0.661. The molecule has 2 N–H and O–H groups in total. The summed E-state index contributed by atoms with van der Waals surface area (Å²) in [5.41, 5.74) is 1.78. The molecule has 0 spiro atoms. The number of benzene rings is 1. The highest BCUT2D eigenvalue weighted by Gasteiger charge is 2.29. The summed E-state index contributed by atoms with van der Waals surface area (Å²) in [6, 6.07) is 9.58. The molecule has 0 unspecified atom stereocenters. The lowest BCUT2D eigenvalue weighted by molar-refractivity contribution is -0.144. The zero-order valence-corrected chi connectivity index (χ0v) is 14.2. The molecule has 1 heterocycles. The fourth-order valence-electron chi connectivity index (χ4n) is 3.40. The molecular weight excluding hydrogens is 320 g/mol. The fraction of sp³-hybridized carbons (Fsp3) is 0.421. The molecule has 132 valence electrons. The van der Waals surface area contributed by atoms with Crippen LogP contribution in [0.4, 0.5) is 0 Å². The number of hydrogen-bond donors (Lipinski definition) is 2. The van der Waals surface area contributed by atoms with E-state index in [9.17, 15) is 9.59 Å². The van der Waals surface area contributed by atoms with Crippen molar-refractivity contribution in [2.45, 2.75) is 32.2 Å². The molecule has 1 amide bonds. The molecule has 6 heteroatoms. The van der Waals surface area contributed by atoms with Gasteiger partial charge in [-0.2, -0.15) is 0 Å². The van der Waals surface area contributed by atoms with Crippen molar-refractivity contribution in [1.82, 2.24) is 10.3 Å². The second-order valence-electron chi connectivity index (χ2n) is 6.45. The lowest BCUT2D eigenvalue weighted by atomic mass is 9.81. The number of carboxylic acid groups (broad SMARTS) is 1. The Morgan fingerprint density at radius 1 is 1.20 bits per heavy atom. The fourth-order valence-corrected chi connectivity index (χ4v) is 3.40. The van der Waals surface area contributed by atoms with E-state index in [0.717, 1.165) is 16.5 Å². The number of ether oxygens (including phenoxy) is 1. The number of aliphatic carboxylic acids is 1. The highest BCUT2D eigenvalue weighted by Crippen LogP contribution is 2.29. The lowest BCUT2D eigenvalue weighted by Crippen LogP contribution is -2.34. The molecule has 0 bridgehead atoms. The first kappa shape index (κ1) is 17.2. The van der Waals surface area contributed by atoms with Gasteiger partial charge in [0.15, 0.2) is 0 Å². The number of fused-ring (bicyclic) bond motifs is 1. The molecule has 1 aromatic carbocycles. The minimum Gasteiger partial charge on any atom is -0.481 e. The summed E-state index contributed by atoms with van der Waals surface area (Å²) in [4.78, 5) is 27.8. The zero-order valence-electron chi connectivity index (χ0n) is 14.2. The summed E-state index contributed by atoms with van der Waals surface area (Å²) in [6.45, 7) is 0.400. The van der Waals surface area contributed by atoms with Crippen LogP contribution in [-0.4, -0.2) is 29.1 Å². The van der Waals surface area contributed by atoms with Crippen molar-refractivity contribution in [3.8, 4) is 5.88 Å². The Bertz CT molecular complexity index is 782. The van der Waals surface area contributed by atoms with E-state index in [0.29, 0.717) is 38.1 Å². The molecule has 1 saturated carbocycles. The molecule has 6 nitrogen and oxygen atoms in total. The molecule has 0 atom stereocenters. The highest BCUT2D eigenvalue weighted by atomic mass is 16.5. The number of hydrogen-bond acceptors (Lipinski definition) is 4. The van der Waals surface area contributed by atoms with E-state index in [2.05, 4.69) is 10.3 Å².